The number of aromatic nitrogens is 2. The maximum absolute atomic E-state index is 12.6. The molecule has 0 aliphatic rings. The Labute approximate surface area is 150 Å². The molecule has 7 nitrogen and oxygen atoms in total. The summed E-state index contributed by atoms with van der Waals surface area (Å²) >= 11 is 0. The molecule has 1 heterocycles. The molecule has 0 bridgehead atoms. The highest BCUT2D eigenvalue weighted by atomic mass is 16.5. The summed E-state index contributed by atoms with van der Waals surface area (Å²) in [4.78, 5) is 34.2. The van der Waals surface area contributed by atoms with Crippen LogP contribution in [0, 0.1) is 5.92 Å². The SMILES string of the molecule is CCOCCCN(CCC(=O)NCCC(C)C)C(=O)c1cnccn1. The van der Waals surface area contributed by atoms with Crippen LogP contribution in [0.3, 0.4) is 0 Å². The predicted molar refractivity (Wildman–Crippen MR) is 96.1 cm³/mol. The number of rotatable bonds is 12. The molecule has 0 atom stereocenters. The van der Waals surface area contributed by atoms with Gasteiger partial charge in [0.05, 0.1) is 6.20 Å². The highest BCUT2D eigenvalue weighted by Crippen LogP contribution is 2.04. The van der Waals surface area contributed by atoms with Gasteiger partial charge in [-0.15, -0.1) is 0 Å². The van der Waals surface area contributed by atoms with E-state index in [0.29, 0.717) is 44.5 Å². The molecule has 7 heteroatoms. The topological polar surface area (TPSA) is 84.4 Å². The Bertz CT molecular complexity index is 508. The van der Waals surface area contributed by atoms with Crippen molar-refractivity contribution in [3.05, 3.63) is 24.3 Å². The molecular weight excluding hydrogens is 320 g/mol. The van der Waals surface area contributed by atoms with Crippen molar-refractivity contribution in [2.75, 3.05) is 32.8 Å². The molecule has 0 unspecified atom stereocenters. The third kappa shape index (κ3) is 9.14. The van der Waals surface area contributed by atoms with Crippen LogP contribution in [0.5, 0.6) is 0 Å². The fourth-order valence-corrected chi connectivity index (χ4v) is 2.21. The van der Waals surface area contributed by atoms with Crippen LogP contribution in [0.2, 0.25) is 0 Å². The van der Waals surface area contributed by atoms with Gasteiger partial charge in [-0.25, -0.2) is 4.98 Å². The van der Waals surface area contributed by atoms with Gasteiger partial charge in [-0.3, -0.25) is 14.6 Å². The molecule has 0 radical (unpaired) electrons. The summed E-state index contributed by atoms with van der Waals surface area (Å²) in [7, 11) is 0. The second-order valence-corrected chi connectivity index (χ2v) is 6.22. The van der Waals surface area contributed by atoms with Crippen LogP contribution in [-0.4, -0.2) is 59.5 Å². The maximum Gasteiger partial charge on any atom is 0.274 e. The van der Waals surface area contributed by atoms with Gasteiger partial charge in [-0.05, 0) is 25.7 Å². The van der Waals surface area contributed by atoms with E-state index in [9.17, 15) is 9.59 Å². The van der Waals surface area contributed by atoms with Crippen molar-refractivity contribution in [1.29, 1.82) is 0 Å². The van der Waals surface area contributed by atoms with Crippen molar-refractivity contribution in [3.8, 4) is 0 Å². The Kier molecular flexibility index (Phi) is 10.4. The molecule has 0 aliphatic heterocycles. The Hall–Kier alpha value is -2.02. The molecule has 25 heavy (non-hydrogen) atoms. The Balaban J connectivity index is 2.52. The zero-order chi connectivity index (χ0) is 18.5. The Morgan fingerprint density at radius 3 is 2.72 bits per heavy atom. The van der Waals surface area contributed by atoms with E-state index in [0.717, 1.165) is 12.8 Å². The molecule has 0 spiro atoms. The Morgan fingerprint density at radius 2 is 2.08 bits per heavy atom. The minimum Gasteiger partial charge on any atom is -0.382 e. The normalized spacial score (nSPS) is 10.7. The number of hydrogen-bond donors (Lipinski definition) is 1. The molecule has 1 rings (SSSR count). The average molecular weight is 350 g/mol. The van der Waals surface area contributed by atoms with E-state index < -0.39 is 0 Å². The molecule has 1 aromatic rings. The fraction of sp³-hybridized carbons (Fsp3) is 0.667. The number of nitrogens with zero attached hydrogens (tertiary/aromatic N) is 3. The minimum atomic E-state index is -0.209. The van der Waals surface area contributed by atoms with E-state index in [1.165, 1.54) is 18.6 Å². The van der Waals surface area contributed by atoms with Gasteiger partial charge >= 0.3 is 0 Å². The second kappa shape index (κ2) is 12.4. The van der Waals surface area contributed by atoms with Crippen molar-refractivity contribution in [2.24, 2.45) is 5.92 Å². The van der Waals surface area contributed by atoms with E-state index in [-0.39, 0.29) is 18.2 Å². The lowest BCUT2D eigenvalue weighted by atomic mass is 10.1. The first-order valence-corrected chi connectivity index (χ1v) is 8.94. The number of nitrogens with one attached hydrogen (secondary N) is 1. The van der Waals surface area contributed by atoms with Crippen molar-refractivity contribution in [2.45, 2.75) is 40.0 Å². The zero-order valence-electron chi connectivity index (χ0n) is 15.5. The van der Waals surface area contributed by atoms with Crippen molar-refractivity contribution < 1.29 is 14.3 Å². The second-order valence-electron chi connectivity index (χ2n) is 6.22. The number of carbonyl (C=O) groups is 2. The van der Waals surface area contributed by atoms with Gasteiger partial charge in [-0.1, -0.05) is 13.8 Å². The largest absolute Gasteiger partial charge is 0.382 e. The molecule has 0 aliphatic carbocycles. The van der Waals surface area contributed by atoms with Crippen LogP contribution >= 0.6 is 0 Å². The molecule has 0 saturated heterocycles. The first-order valence-electron chi connectivity index (χ1n) is 8.94. The molecule has 1 N–H and O–H groups in total. The first-order chi connectivity index (χ1) is 12.0. The van der Waals surface area contributed by atoms with Gasteiger partial charge < -0.3 is 15.0 Å². The molecule has 140 valence electrons. The van der Waals surface area contributed by atoms with E-state index >= 15 is 0 Å². The number of carbonyl (C=O) groups excluding carboxylic acids is 2. The standard InChI is InChI=1S/C18H30N4O3/c1-4-25-13-5-11-22(18(24)16-14-19-9-10-20-16)12-7-17(23)21-8-6-15(2)3/h9-10,14-15H,4-8,11-13H2,1-3H3,(H,21,23). The summed E-state index contributed by atoms with van der Waals surface area (Å²) in [6, 6.07) is 0. The summed E-state index contributed by atoms with van der Waals surface area (Å²) < 4.78 is 5.33. The summed E-state index contributed by atoms with van der Waals surface area (Å²) in [6.45, 7) is 8.95. The maximum atomic E-state index is 12.6. The zero-order valence-corrected chi connectivity index (χ0v) is 15.5. The number of hydrogen-bond acceptors (Lipinski definition) is 5. The van der Waals surface area contributed by atoms with Crippen LogP contribution < -0.4 is 5.32 Å². The van der Waals surface area contributed by atoms with E-state index in [4.69, 9.17) is 4.74 Å². The van der Waals surface area contributed by atoms with E-state index in [1.807, 2.05) is 6.92 Å². The highest BCUT2D eigenvalue weighted by molar-refractivity contribution is 5.92. The van der Waals surface area contributed by atoms with Crippen LogP contribution in [0.4, 0.5) is 0 Å². The predicted octanol–water partition coefficient (Wildman–Crippen LogP) is 1.90. The third-order valence-electron chi connectivity index (χ3n) is 3.64. The van der Waals surface area contributed by atoms with Gasteiger partial charge in [0.25, 0.3) is 5.91 Å². The minimum absolute atomic E-state index is 0.0394. The van der Waals surface area contributed by atoms with E-state index in [1.54, 1.807) is 4.90 Å². The van der Waals surface area contributed by atoms with Crippen LogP contribution in [0.15, 0.2) is 18.6 Å². The third-order valence-corrected chi connectivity index (χ3v) is 3.64. The smallest absolute Gasteiger partial charge is 0.274 e. The summed E-state index contributed by atoms with van der Waals surface area (Å²) in [6.07, 6.45) is 6.40. The Morgan fingerprint density at radius 1 is 1.28 bits per heavy atom. The van der Waals surface area contributed by atoms with Gasteiger partial charge in [0.15, 0.2) is 0 Å². The quantitative estimate of drug-likeness (QED) is 0.582. The van der Waals surface area contributed by atoms with E-state index in [2.05, 4.69) is 29.1 Å². The van der Waals surface area contributed by atoms with Gasteiger partial charge in [0, 0.05) is 51.7 Å². The van der Waals surface area contributed by atoms with Crippen molar-refractivity contribution >= 4 is 11.8 Å². The van der Waals surface area contributed by atoms with Crippen LogP contribution in [0.25, 0.3) is 0 Å². The summed E-state index contributed by atoms with van der Waals surface area (Å²) in [5, 5.41) is 2.89. The molecule has 0 fully saturated rings. The van der Waals surface area contributed by atoms with Crippen LogP contribution in [-0.2, 0) is 9.53 Å². The summed E-state index contributed by atoms with van der Waals surface area (Å²) in [5.74, 6) is 0.301. The molecule has 2 amide bonds. The molecule has 0 aromatic carbocycles. The van der Waals surface area contributed by atoms with Crippen molar-refractivity contribution in [3.63, 3.8) is 0 Å². The lowest BCUT2D eigenvalue weighted by molar-refractivity contribution is -0.121. The van der Waals surface area contributed by atoms with Gasteiger partial charge in [0.2, 0.25) is 5.91 Å². The van der Waals surface area contributed by atoms with Crippen LogP contribution in [0.1, 0.15) is 50.5 Å². The van der Waals surface area contributed by atoms with Crippen molar-refractivity contribution in [1.82, 2.24) is 20.2 Å². The number of ether oxygens (including phenoxy) is 1. The average Bonchev–Trinajstić information content (AvgIpc) is 2.61. The van der Waals surface area contributed by atoms with Gasteiger partial charge in [0.1, 0.15) is 5.69 Å². The fourth-order valence-electron chi connectivity index (χ4n) is 2.21. The molecule has 1 aromatic heterocycles. The molecular formula is C18H30N4O3. The summed E-state index contributed by atoms with van der Waals surface area (Å²) in [5.41, 5.74) is 0.291. The molecule has 0 saturated carbocycles. The lowest BCUT2D eigenvalue weighted by Crippen LogP contribution is -2.37. The first kappa shape index (κ1) is 21.0. The number of amides is 2. The highest BCUT2D eigenvalue weighted by Gasteiger charge is 2.18. The van der Waals surface area contributed by atoms with Gasteiger partial charge in [-0.2, -0.15) is 0 Å². The monoisotopic (exact) mass is 350 g/mol. The lowest BCUT2D eigenvalue weighted by Gasteiger charge is -2.22.